The van der Waals surface area contributed by atoms with Crippen molar-refractivity contribution < 1.29 is 4.79 Å². The molecular formula is C11H19NO. The minimum atomic E-state index is 0.117. The van der Waals surface area contributed by atoms with E-state index in [4.69, 9.17) is 0 Å². The summed E-state index contributed by atoms with van der Waals surface area (Å²) in [5.41, 5.74) is 0.117. The Bertz CT molecular complexity index is 215. The van der Waals surface area contributed by atoms with Gasteiger partial charge in [0.2, 0.25) is 0 Å². The molecular weight excluding hydrogens is 162 g/mol. The Morgan fingerprint density at radius 2 is 2.23 bits per heavy atom. The lowest BCUT2D eigenvalue weighted by Gasteiger charge is -2.30. The van der Waals surface area contributed by atoms with Crippen LogP contribution in [0.5, 0.6) is 0 Å². The molecule has 0 saturated carbocycles. The first kappa shape index (κ1) is 10.5. The van der Waals surface area contributed by atoms with E-state index in [0.29, 0.717) is 12.3 Å². The molecule has 1 saturated heterocycles. The highest BCUT2D eigenvalue weighted by Gasteiger charge is 2.35. The number of allylic oxidation sites excluding steroid dienone is 1. The molecule has 0 aromatic rings. The lowest BCUT2D eigenvalue weighted by Crippen LogP contribution is -2.39. The summed E-state index contributed by atoms with van der Waals surface area (Å²) in [4.78, 5) is 13.8. The van der Waals surface area contributed by atoms with Gasteiger partial charge in [0.1, 0.15) is 0 Å². The van der Waals surface area contributed by atoms with Crippen molar-refractivity contribution in [3.8, 4) is 0 Å². The molecule has 0 bridgehead atoms. The first-order valence-corrected chi connectivity index (χ1v) is 4.84. The fourth-order valence-electron chi connectivity index (χ4n) is 1.67. The summed E-state index contributed by atoms with van der Waals surface area (Å²) in [5, 5.41) is 0. The molecule has 0 radical (unpaired) electrons. The summed E-state index contributed by atoms with van der Waals surface area (Å²) in [5.74, 6) is 0.562. The lowest BCUT2D eigenvalue weighted by molar-refractivity contribution is -0.120. The van der Waals surface area contributed by atoms with Gasteiger partial charge in [-0.25, -0.2) is 0 Å². The third-order valence-electron chi connectivity index (χ3n) is 2.64. The van der Waals surface area contributed by atoms with E-state index in [0.717, 1.165) is 13.0 Å². The number of carbonyl (C=O) groups is 1. The number of carbonyl (C=O) groups excluding carboxylic acids is 1. The largest absolute Gasteiger partial charge is 0.298 e. The number of nitrogens with zero attached hydrogens (tertiary/aromatic N) is 1. The predicted molar refractivity (Wildman–Crippen MR) is 54.6 cm³/mol. The number of hydrogen-bond acceptors (Lipinski definition) is 2. The van der Waals surface area contributed by atoms with Gasteiger partial charge in [-0.2, -0.15) is 0 Å². The van der Waals surface area contributed by atoms with Crippen LogP contribution in [0.2, 0.25) is 0 Å². The Labute approximate surface area is 80.6 Å². The van der Waals surface area contributed by atoms with E-state index in [1.165, 1.54) is 0 Å². The van der Waals surface area contributed by atoms with Crippen molar-refractivity contribution in [3.63, 3.8) is 0 Å². The second kappa shape index (κ2) is 3.62. The summed E-state index contributed by atoms with van der Waals surface area (Å²) >= 11 is 0. The van der Waals surface area contributed by atoms with Gasteiger partial charge in [-0.05, 0) is 27.2 Å². The third-order valence-corrected chi connectivity index (χ3v) is 2.64. The van der Waals surface area contributed by atoms with Crippen molar-refractivity contribution >= 4 is 5.78 Å². The zero-order valence-corrected chi connectivity index (χ0v) is 8.84. The molecule has 0 aromatic heterocycles. The summed E-state index contributed by atoms with van der Waals surface area (Å²) < 4.78 is 0. The Hall–Kier alpha value is -0.630. The van der Waals surface area contributed by atoms with Crippen molar-refractivity contribution in [2.24, 2.45) is 5.92 Å². The van der Waals surface area contributed by atoms with Crippen LogP contribution in [-0.2, 0) is 4.79 Å². The summed E-state index contributed by atoms with van der Waals surface area (Å²) in [6, 6.07) is 0. The van der Waals surface area contributed by atoms with Crippen LogP contribution in [0.3, 0.4) is 0 Å². The zero-order valence-electron chi connectivity index (χ0n) is 8.84. The van der Waals surface area contributed by atoms with Crippen molar-refractivity contribution in [2.75, 3.05) is 13.1 Å². The number of hydrogen-bond donors (Lipinski definition) is 0. The molecule has 0 spiro atoms. The second-order valence-corrected chi connectivity index (χ2v) is 4.74. The number of ketones is 1. The summed E-state index contributed by atoms with van der Waals surface area (Å²) in [6.07, 6.45) is 2.67. The molecule has 0 N–H and O–H groups in total. The number of likely N-dealkylation sites (tertiary alicyclic amines) is 1. The van der Waals surface area contributed by atoms with Crippen molar-refractivity contribution in [1.29, 1.82) is 0 Å². The van der Waals surface area contributed by atoms with E-state index < -0.39 is 0 Å². The van der Waals surface area contributed by atoms with Crippen LogP contribution < -0.4 is 0 Å². The second-order valence-electron chi connectivity index (χ2n) is 4.74. The Morgan fingerprint density at radius 3 is 2.62 bits per heavy atom. The minimum absolute atomic E-state index is 0.117. The smallest absolute Gasteiger partial charge is 0.151 e. The van der Waals surface area contributed by atoms with Crippen LogP contribution in [0.25, 0.3) is 0 Å². The van der Waals surface area contributed by atoms with E-state index in [9.17, 15) is 4.79 Å². The van der Waals surface area contributed by atoms with Gasteiger partial charge >= 0.3 is 0 Å². The zero-order chi connectivity index (χ0) is 10.1. The Morgan fingerprint density at radius 1 is 1.62 bits per heavy atom. The highest BCUT2D eigenvalue weighted by molar-refractivity contribution is 5.85. The SMILES string of the molecule is C=CC[C@H]1CN(C(C)(C)C)CC1=O. The highest BCUT2D eigenvalue weighted by Crippen LogP contribution is 2.23. The molecule has 0 unspecified atom stereocenters. The summed E-state index contributed by atoms with van der Waals surface area (Å²) in [7, 11) is 0. The van der Waals surface area contributed by atoms with Crippen molar-refractivity contribution in [2.45, 2.75) is 32.7 Å². The molecule has 1 rings (SSSR count). The minimum Gasteiger partial charge on any atom is -0.298 e. The van der Waals surface area contributed by atoms with Gasteiger partial charge in [-0.15, -0.1) is 6.58 Å². The predicted octanol–water partition coefficient (Wildman–Crippen LogP) is 1.86. The van der Waals surface area contributed by atoms with Crippen LogP contribution in [-0.4, -0.2) is 29.3 Å². The van der Waals surface area contributed by atoms with Gasteiger partial charge in [0.25, 0.3) is 0 Å². The van der Waals surface area contributed by atoms with Gasteiger partial charge in [0, 0.05) is 18.0 Å². The number of rotatable bonds is 2. The molecule has 0 aliphatic carbocycles. The molecule has 1 heterocycles. The van der Waals surface area contributed by atoms with Crippen LogP contribution in [0.1, 0.15) is 27.2 Å². The molecule has 13 heavy (non-hydrogen) atoms. The van der Waals surface area contributed by atoms with E-state index in [2.05, 4.69) is 32.3 Å². The van der Waals surface area contributed by atoms with Gasteiger partial charge in [0.05, 0.1) is 6.54 Å². The molecule has 0 aromatic carbocycles. The Balaban J connectivity index is 2.60. The van der Waals surface area contributed by atoms with Crippen LogP contribution >= 0.6 is 0 Å². The molecule has 1 atom stereocenters. The molecule has 0 amide bonds. The fourth-order valence-corrected chi connectivity index (χ4v) is 1.67. The van der Waals surface area contributed by atoms with E-state index in [1.807, 2.05) is 6.08 Å². The molecule has 1 aliphatic rings. The van der Waals surface area contributed by atoms with Crippen LogP contribution in [0, 0.1) is 5.92 Å². The lowest BCUT2D eigenvalue weighted by atomic mass is 10.0. The maximum atomic E-state index is 11.5. The standard InChI is InChI=1S/C11H19NO/c1-5-6-9-7-12(8-10(9)13)11(2,3)4/h5,9H,1,6-8H2,2-4H3/t9-/m0/s1. The van der Waals surface area contributed by atoms with E-state index in [1.54, 1.807) is 0 Å². The normalized spacial score (nSPS) is 25.2. The van der Waals surface area contributed by atoms with Crippen molar-refractivity contribution in [3.05, 3.63) is 12.7 Å². The van der Waals surface area contributed by atoms with Gasteiger partial charge in [-0.1, -0.05) is 6.08 Å². The topological polar surface area (TPSA) is 20.3 Å². The van der Waals surface area contributed by atoms with Gasteiger partial charge < -0.3 is 0 Å². The first-order chi connectivity index (χ1) is 5.95. The van der Waals surface area contributed by atoms with E-state index in [-0.39, 0.29) is 11.5 Å². The maximum Gasteiger partial charge on any atom is 0.151 e. The molecule has 74 valence electrons. The third kappa shape index (κ3) is 2.41. The van der Waals surface area contributed by atoms with Crippen LogP contribution in [0.15, 0.2) is 12.7 Å². The average molecular weight is 181 g/mol. The highest BCUT2D eigenvalue weighted by atomic mass is 16.1. The molecule has 1 fully saturated rings. The van der Waals surface area contributed by atoms with Gasteiger partial charge in [-0.3, -0.25) is 9.69 Å². The molecule has 2 nitrogen and oxygen atoms in total. The number of Topliss-reactive ketones (excluding diaryl/α,β-unsaturated/α-hetero) is 1. The fraction of sp³-hybridized carbons (Fsp3) is 0.727. The molecule has 1 aliphatic heterocycles. The monoisotopic (exact) mass is 181 g/mol. The summed E-state index contributed by atoms with van der Waals surface area (Å²) in [6.45, 7) is 11.6. The Kier molecular flexibility index (Phi) is 2.91. The molecule has 2 heteroatoms. The maximum absolute atomic E-state index is 11.5. The van der Waals surface area contributed by atoms with Crippen molar-refractivity contribution in [1.82, 2.24) is 4.90 Å². The van der Waals surface area contributed by atoms with Gasteiger partial charge in [0.15, 0.2) is 5.78 Å². The quantitative estimate of drug-likeness (QED) is 0.606. The van der Waals surface area contributed by atoms with E-state index >= 15 is 0 Å². The first-order valence-electron chi connectivity index (χ1n) is 4.84. The average Bonchev–Trinajstić information content (AvgIpc) is 2.32. The van der Waals surface area contributed by atoms with Crippen LogP contribution in [0.4, 0.5) is 0 Å².